The summed E-state index contributed by atoms with van der Waals surface area (Å²) in [6, 6.07) is 0. The zero-order valence-corrected chi connectivity index (χ0v) is 8.58. The maximum absolute atomic E-state index is 11.3. The van der Waals surface area contributed by atoms with Crippen LogP contribution in [0, 0.1) is 11.8 Å². The predicted molar refractivity (Wildman–Crippen MR) is 48.5 cm³/mol. The van der Waals surface area contributed by atoms with Crippen LogP contribution in [-0.4, -0.2) is 5.66 Å². The Kier molecular flexibility index (Phi) is 2.03. The average molecular weight is 213 g/mol. The standard InChI is InChI=1S/C7H11Cl2OP/c8-11(9,10)7-4-5-1-2-6(7)3-5/h5-7H,1-4H2/t5-,6+,7+/m1/s1. The summed E-state index contributed by atoms with van der Waals surface area (Å²) in [5, 5.41) is 0. The molecule has 1 nitrogen and oxygen atoms in total. The lowest BCUT2D eigenvalue weighted by atomic mass is 10.0. The van der Waals surface area contributed by atoms with Crippen molar-refractivity contribution in [3.8, 4) is 0 Å². The first kappa shape index (κ1) is 8.41. The van der Waals surface area contributed by atoms with Crippen LogP contribution >= 0.6 is 28.3 Å². The minimum absolute atomic E-state index is 0.129. The van der Waals surface area contributed by atoms with Crippen LogP contribution in [0.2, 0.25) is 0 Å². The van der Waals surface area contributed by atoms with Crippen LogP contribution < -0.4 is 0 Å². The molecule has 0 amide bonds. The summed E-state index contributed by atoms with van der Waals surface area (Å²) < 4.78 is 11.3. The van der Waals surface area contributed by atoms with Gasteiger partial charge in [0.05, 0.1) is 0 Å². The first-order chi connectivity index (χ1) is 5.07. The molecule has 0 saturated heterocycles. The van der Waals surface area contributed by atoms with E-state index in [0.29, 0.717) is 5.92 Å². The first-order valence-corrected chi connectivity index (χ1v) is 7.65. The maximum Gasteiger partial charge on any atom is 0.256 e. The summed E-state index contributed by atoms with van der Waals surface area (Å²) >= 11 is 11.3. The molecule has 0 aromatic rings. The molecule has 2 fully saturated rings. The maximum atomic E-state index is 11.3. The molecule has 0 aromatic carbocycles. The van der Waals surface area contributed by atoms with Gasteiger partial charge in [-0.2, -0.15) is 0 Å². The summed E-state index contributed by atoms with van der Waals surface area (Å²) in [7, 11) is 0. The van der Waals surface area contributed by atoms with Crippen LogP contribution in [0.15, 0.2) is 0 Å². The lowest BCUT2D eigenvalue weighted by Crippen LogP contribution is -2.12. The van der Waals surface area contributed by atoms with Gasteiger partial charge in [0.25, 0.3) is 5.85 Å². The van der Waals surface area contributed by atoms with Crippen molar-refractivity contribution < 1.29 is 4.57 Å². The Morgan fingerprint density at radius 3 is 2.18 bits per heavy atom. The van der Waals surface area contributed by atoms with Gasteiger partial charge >= 0.3 is 0 Å². The Bertz CT molecular complexity index is 212. The van der Waals surface area contributed by atoms with Gasteiger partial charge in [0.1, 0.15) is 0 Å². The van der Waals surface area contributed by atoms with Crippen molar-refractivity contribution in [1.82, 2.24) is 0 Å². The average Bonchev–Trinajstić information content (AvgIpc) is 2.42. The first-order valence-electron chi connectivity index (χ1n) is 4.06. The number of hydrogen-bond donors (Lipinski definition) is 0. The van der Waals surface area contributed by atoms with E-state index in [1.807, 2.05) is 0 Å². The number of halogens is 2. The van der Waals surface area contributed by atoms with E-state index in [4.69, 9.17) is 22.5 Å². The van der Waals surface area contributed by atoms with Gasteiger partial charge in [-0.1, -0.05) is 6.42 Å². The molecule has 0 aromatic heterocycles. The van der Waals surface area contributed by atoms with E-state index in [2.05, 4.69) is 0 Å². The summed E-state index contributed by atoms with van der Waals surface area (Å²) in [6.07, 6.45) is 4.72. The topological polar surface area (TPSA) is 17.1 Å². The summed E-state index contributed by atoms with van der Waals surface area (Å²) in [4.78, 5) is 0. The van der Waals surface area contributed by atoms with Crippen molar-refractivity contribution in [3.05, 3.63) is 0 Å². The van der Waals surface area contributed by atoms with Gasteiger partial charge in [-0.3, -0.25) is 4.57 Å². The third-order valence-electron chi connectivity index (χ3n) is 3.09. The summed E-state index contributed by atoms with van der Waals surface area (Å²) in [5.41, 5.74) is 0.129. The number of fused-ring (bicyclic) bond motifs is 2. The Morgan fingerprint density at radius 2 is 1.91 bits per heavy atom. The Morgan fingerprint density at radius 1 is 1.18 bits per heavy atom. The lowest BCUT2D eigenvalue weighted by molar-refractivity contribution is 0.474. The highest BCUT2D eigenvalue weighted by molar-refractivity contribution is 8.09. The fourth-order valence-corrected chi connectivity index (χ4v) is 5.32. The largest absolute Gasteiger partial charge is 0.289 e. The van der Waals surface area contributed by atoms with Crippen molar-refractivity contribution in [2.45, 2.75) is 31.3 Å². The molecule has 0 N–H and O–H groups in total. The smallest absolute Gasteiger partial charge is 0.256 e. The fraction of sp³-hybridized carbons (Fsp3) is 1.00. The van der Waals surface area contributed by atoms with Crippen LogP contribution in [0.3, 0.4) is 0 Å². The van der Waals surface area contributed by atoms with Crippen molar-refractivity contribution in [1.29, 1.82) is 0 Å². The van der Waals surface area contributed by atoms with Gasteiger partial charge in [0, 0.05) is 5.66 Å². The van der Waals surface area contributed by atoms with Crippen molar-refractivity contribution in [2.75, 3.05) is 0 Å². The second kappa shape index (κ2) is 2.65. The molecule has 0 spiro atoms. The van der Waals surface area contributed by atoms with Crippen LogP contribution in [0.25, 0.3) is 0 Å². The van der Waals surface area contributed by atoms with Gasteiger partial charge in [-0.15, -0.1) is 0 Å². The molecule has 2 aliphatic rings. The molecule has 2 saturated carbocycles. The molecule has 0 unspecified atom stereocenters. The molecule has 0 heterocycles. The van der Waals surface area contributed by atoms with Gasteiger partial charge in [0.2, 0.25) is 0 Å². The van der Waals surface area contributed by atoms with E-state index in [0.717, 1.165) is 12.3 Å². The minimum Gasteiger partial charge on any atom is -0.289 e. The van der Waals surface area contributed by atoms with E-state index < -0.39 is 5.85 Å². The van der Waals surface area contributed by atoms with E-state index >= 15 is 0 Å². The highest BCUT2D eigenvalue weighted by Crippen LogP contribution is 2.69. The summed E-state index contributed by atoms with van der Waals surface area (Å²) in [5.74, 6) is -1.47. The molecular formula is C7H11Cl2OP. The highest BCUT2D eigenvalue weighted by atomic mass is 35.9. The number of hydrogen-bond acceptors (Lipinski definition) is 1. The molecule has 2 aliphatic carbocycles. The third kappa shape index (κ3) is 1.48. The second-order valence-corrected chi connectivity index (χ2v) is 8.95. The lowest BCUT2D eigenvalue weighted by Gasteiger charge is -2.21. The molecule has 2 rings (SSSR count). The molecule has 3 atom stereocenters. The molecular weight excluding hydrogens is 202 g/mol. The van der Waals surface area contributed by atoms with E-state index in [-0.39, 0.29) is 5.66 Å². The van der Waals surface area contributed by atoms with Crippen molar-refractivity contribution in [2.24, 2.45) is 11.8 Å². The third-order valence-corrected chi connectivity index (χ3v) is 6.00. The predicted octanol–water partition coefficient (Wildman–Crippen LogP) is 3.85. The van der Waals surface area contributed by atoms with Gasteiger partial charge in [0.15, 0.2) is 0 Å². The normalized spacial score (nSPS) is 43.3. The van der Waals surface area contributed by atoms with E-state index in [9.17, 15) is 4.57 Å². The summed E-state index contributed by atoms with van der Waals surface area (Å²) in [6.45, 7) is 0. The Hall–Kier alpha value is 0.810. The number of rotatable bonds is 1. The monoisotopic (exact) mass is 212 g/mol. The molecule has 4 heteroatoms. The Labute approximate surface area is 76.4 Å². The van der Waals surface area contributed by atoms with Crippen molar-refractivity contribution >= 4 is 28.3 Å². The molecule has 0 aliphatic heterocycles. The molecule has 64 valence electrons. The van der Waals surface area contributed by atoms with Crippen molar-refractivity contribution in [3.63, 3.8) is 0 Å². The fourth-order valence-electron chi connectivity index (χ4n) is 2.58. The van der Waals surface area contributed by atoms with E-state index in [1.54, 1.807) is 0 Å². The van der Waals surface area contributed by atoms with Gasteiger partial charge in [-0.05, 0) is 53.6 Å². The SMILES string of the molecule is O=P(Cl)(Cl)[C@H]1C[C@@H]2CC[C@H]1C2. The second-order valence-electron chi connectivity index (χ2n) is 3.74. The van der Waals surface area contributed by atoms with Crippen LogP contribution in [0.1, 0.15) is 25.7 Å². The Balaban J connectivity index is 2.14. The van der Waals surface area contributed by atoms with E-state index in [1.165, 1.54) is 19.3 Å². The van der Waals surface area contributed by atoms with Crippen LogP contribution in [0.5, 0.6) is 0 Å². The zero-order valence-electron chi connectivity index (χ0n) is 6.17. The minimum atomic E-state index is -2.81. The quantitative estimate of drug-likeness (QED) is 0.604. The zero-order chi connectivity index (χ0) is 8.06. The molecule has 0 radical (unpaired) electrons. The van der Waals surface area contributed by atoms with Gasteiger partial charge < -0.3 is 0 Å². The van der Waals surface area contributed by atoms with Crippen LogP contribution in [0.4, 0.5) is 0 Å². The molecule has 11 heavy (non-hydrogen) atoms. The highest BCUT2D eigenvalue weighted by Gasteiger charge is 2.47. The van der Waals surface area contributed by atoms with Crippen LogP contribution in [-0.2, 0) is 4.57 Å². The molecule has 2 bridgehead atoms. The van der Waals surface area contributed by atoms with Gasteiger partial charge in [-0.25, -0.2) is 0 Å².